The van der Waals surface area contributed by atoms with Gasteiger partial charge in [0, 0.05) is 0 Å². The minimum atomic E-state index is -0.580. The van der Waals surface area contributed by atoms with Crippen molar-refractivity contribution in [3.05, 3.63) is 17.0 Å². The number of nitrogens with zero attached hydrogens (tertiary/aromatic N) is 1. The Morgan fingerprint density at radius 1 is 1.57 bits per heavy atom. The Balaban J connectivity index is 3.14. The van der Waals surface area contributed by atoms with E-state index in [1.54, 1.807) is 19.8 Å². The van der Waals surface area contributed by atoms with Crippen molar-refractivity contribution >= 4 is 17.4 Å². The molecule has 1 rings (SSSR count). The van der Waals surface area contributed by atoms with Crippen molar-refractivity contribution in [2.45, 2.75) is 20.3 Å². The molecule has 2 N–H and O–H groups in total. The minimum absolute atomic E-state index is 0.146. The molecule has 1 amide bonds. The van der Waals surface area contributed by atoms with E-state index in [2.05, 4.69) is 5.16 Å². The van der Waals surface area contributed by atoms with Gasteiger partial charge < -0.3 is 10.3 Å². The number of hydrogen-bond acceptors (Lipinski definition) is 4. The lowest BCUT2D eigenvalue weighted by molar-refractivity contribution is -0.117. The molecule has 0 fully saturated rings. The number of aryl methyl sites for hydroxylation is 2. The summed E-state index contributed by atoms with van der Waals surface area (Å²) >= 11 is 0. The highest BCUT2D eigenvalue weighted by atomic mass is 16.5. The highest BCUT2D eigenvalue weighted by Crippen LogP contribution is 2.22. The first-order chi connectivity index (χ1) is 6.56. The van der Waals surface area contributed by atoms with Crippen LogP contribution in [0.15, 0.2) is 4.52 Å². The molecule has 0 aliphatic carbocycles. The molecule has 0 saturated heterocycles. The lowest BCUT2D eigenvalue weighted by atomic mass is 10.0. The fourth-order valence-electron chi connectivity index (χ4n) is 1.26. The number of aromatic nitrogens is 1. The molecular formula is C9H10N2O3. The van der Waals surface area contributed by atoms with Gasteiger partial charge >= 0.3 is 0 Å². The zero-order valence-corrected chi connectivity index (χ0v) is 7.96. The van der Waals surface area contributed by atoms with Crippen molar-refractivity contribution in [1.29, 1.82) is 0 Å². The van der Waals surface area contributed by atoms with Crippen LogP contribution in [-0.2, 0) is 9.59 Å². The minimum Gasteiger partial charge on any atom is -0.369 e. The largest absolute Gasteiger partial charge is 0.369 e. The van der Waals surface area contributed by atoms with Crippen molar-refractivity contribution in [3.8, 4) is 0 Å². The predicted octanol–water partition coefficient (Wildman–Crippen LogP) is 0.382. The van der Waals surface area contributed by atoms with Crippen molar-refractivity contribution in [2.75, 3.05) is 0 Å². The number of rotatable bonds is 3. The summed E-state index contributed by atoms with van der Waals surface area (Å²) in [6.45, 7) is 3.35. The second-order valence-corrected chi connectivity index (χ2v) is 2.92. The Morgan fingerprint density at radius 2 is 2.21 bits per heavy atom. The number of primary amides is 1. The van der Waals surface area contributed by atoms with Crippen LogP contribution in [-0.4, -0.2) is 17.0 Å². The van der Waals surface area contributed by atoms with Crippen LogP contribution in [0.4, 0.5) is 0 Å². The Bertz CT molecular complexity index is 394. The molecule has 1 aromatic rings. The summed E-state index contributed by atoms with van der Waals surface area (Å²) in [6.07, 6.45) is -0.146. The zero-order chi connectivity index (χ0) is 10.7. The van der Waals surface area contributed by atoms with E-state index >= 15 is 0 Å². The average molecular weight is 194 g/mol. The molecule has 74 valence electrons. The number of carbonyl (C=O) groups is 1. The van der Waals surface area contributed by atoms with Crippen molar-refractivity contribution in [3.63, 3.8) is 0 Å². The van der Waals surface area contributed by atoms with E-state index in [-0.39, 0.29) is 12.0 Å². The Hall–Kier alpha value is -1.87. The fourth-order valence-corrected chi connectivity index (χ4v) is 1.26. The van der Waals surface area contributed by atoms with E-state index in [0.29, 0.717) is 17.0 Å². The quantitative estimate of drug-likeness (QED) is 0.705. The molecule has 0 spiro atoms. The summed E-state index contributed by atoms with van der Waals surface area (Å²) in [6, 6.07) is 0. The summed E-state index contributed by atoms with van der Waals surface area (Å²) in [5.74, 6) is 1.59. The van der Waals surface area contributed by atoms with Gasteiger partial charge in [0.2, 0.25) is 5.91 Å². The van der Waals surface area contributed by atoms with Crippen LogP contribution in [0.25, 0.3) is 5.57 Å². The smallest absolute Gasteiger partial charge is 0.222 e. The molecule has 1 heterocycles. The predicted molar refractivity (Wildman–Crippen MR) is 48.9 cm³/mol. The molecule has 0 atom stereocenters. The molecule has 1 aromatic heterocycles. The third-order valence-corrected chi connectivity index (χ3v) is 1.81. The van der Waals surface area contributed by atoms with E-state index in [1.165, 1.54) is 0 Å². The van der Waals surface area contributed by atoms with Crippen LogP contribution in [0.3, 0.4) is 0 Å². The molecule has 0 aromatic carbocycles. The van der Waals surface area contributed by atoms with Crippen LogP contribution in [0.1, 0.15) is 23.4 Å². The van der Waals surface area contributed by atoms with Crippen LogP contribution >= 0.6 is 0 Å². The summed E-state index contributed by atoms with van der Waals surface area (Å²) in [4.78, 5) is 21.3. The van der Waals surface area contributed by atoms with E-state index in [9.17, 15) is 9.59 Å². The molecular weight excluding hydrogens is 184 g/mol. The van der Waals surface area contributed by atoms with Crippen LogP contribution in [0.5, 0.6) is 0 Å². The van der Waals surface area contributed by atoms with Crippen molar-refractivity contribution in [2.24, 2.45) is 5.73 Å². The van der Waals surface area contributed by atoms with Gasteiger partial charge in [0.1, 0.15) is 11.7 Å². The third kappa shape index (κ3) is 1.89. The number of nitrogens with two attached hydrogens (primary N) is 1. The molecule has 0 radical (unpaired) electrons. The van der Waals surface area contributed by atoms with Gasteiger partial charge in [0.25, 0.3) is 0 Å². The molecule has 5 nitrogen and oxygen atoms in total. The van der Waals surface area contributed by atoms with Crippen molar-refractivity contribution in [1.82, 2.24) is 5.16 Å². The van der Waals surface area contributed by atoms with E-state index < -0.39 is 5.91 Å². The van der Waals surface area contributed by atoms with Gasteiger partial charge in [-0.1, -0.05) is 5.16 Å². The van der Waals surface area contributed by atoms with E-state index in [1.807, 2.05) is 0 Å². The number of hydrogen-bond donors (Lipinski definition) is 1. The first-order valence-electron chi connectivity index (χ1n) is 4.01. The number of carbonyl (C=O) groups excluding carboxylic acids is 2. The Labute approximate surface area is 80.6 Å². The van der Waals surface area contributed by atoms with E-state index in [4.69, 9.17) is 10.3 Å². The van der Waals surface area contributed by atoms with Gasteiger partial charge in [-0.3, -0.25) is 4.79 Å². The van der Waals surface area contributed by atoms with Crippen LogP contribution in [0, 0.1) is 13.8 Å². The van der Waals surface area contributed by atoms with Gasteiger partial charge in [-0.15, -0.1) is 0 Å². The third-order valence-electron chi connectivity index (χ3n) is 1.81. The first-order valence-corrected chi connectivity index (χ1v) is 4.01. The van der Waals surface area contributed by atoms with E-state index in [0.717, 1.165) is 0 Å². The molecule has 5 heteroatoms. The summed E-state index contributed by atoms with van der Waals surface area (Å²) < 4.78 is 4.86. The molecule has 0 bridgehead atoms. The second kappa shape index (κ2) is 3.89. The summed E-state index contributed by atoms with van der Waals surface area (Å²) in [5.41, 5.74) is 6.26. The summed E-state index contributed by atoms with van der Waals surface area (Å²) in [7, 11) is 0. The molecule has 0 saturated carbocycles. The topological polar surface area (TPSA) is 86.2 Å². The van der Waals surface area contributed by atoms with Crippen molar-refractivity contribution < 1.29 is 14.1 Å². The first kappa shape index (κ1) is 10.2. The summed E-state index contributed by atoms with van der Waals surface area (Å²) in [5, 5.41) is 3.67. The van der Waals surface area contributed by atoms with Gasteiger partial charge in [-0.05, 0) is 13.8 Å². The Morgan fingerprint density at radius 3 is 2.57 bits per heavy atom. The highest BCUT2D eigenvalue weighted by Gasteiger charge is 2.16. The fraction of sp³-hybridized carbons (Fsp3) is 0.333. The average Bonchev–Trinajstić information content (AvgIpc) is 2.43. The number of amides is 1. The van der Waals surface area contributed by atoms with Gasteiger partial charge in [-0.2, -0.15) is 0 Å². The maximum Gasteiger partial charge on any atom is 0.222 e. The lowest BCUT2D eigenvalue weighted by Crippen LogP contribution is -2.11. The molecule has 0 aliphatic heterocycles. The van der Waals surface area contributed by atoms with Gasteiger partial charge in [-0.25, -0.2) is 4.79 Å². The Kier molecular flexibility index (Phi) is 2.84. The van der Waals surface area contributed by atoms with Crippen LogP contribution < -0.4 is 5.73 Å². The SMILES string of the molecule is Cc1noc(C)c1C(=C=O)CC(N)=O. The molecule has 0 aliphatic rings. The van der Waals surface area contributed by atoms with Gasteiger partial charge in [0.05, 0.1) is 23.3 Å². The maximum absolute atomic E-state index is 10.7. The maximum atomic E-state index is 10.7. The van der Waals surface area contributed by atoms with Crippen LogP contribution in [0.2, 0.25) is 0 Å². The van der Waals surface area contributed by atoms with Gasteiger partial charge in [0.15, 0.2) is 0 Å². The monoisotopic (exact) mass is 194 g/mol. The normalized spacial score (nSPS) is 9.57. The molecule has 0 unspecified atom stereocenters. The zero-order valence-electron chi connectivity index (χ0n) is 7.96. The highest BCUT2D eigenvalue weighted by molar-refractivity contribution is 5.98. The second-order valence-electron chi connectivity index (χ2n) is 2.92. The molecule has 14 heavy (non-hydrogen) atoms. The standard InChI is InChI=1S/C9H10N2O3/c1-5-9(6(2)14-11-5)7(4-12)3-8(10)13/h3H2,1-2H3,(H2,10,13). The lowest BCUT2D eigenvalue weighted by Gasteiger charge is -1.98.